The number of hydrogen-bond donors (Lipinski definition) is 0. The molecule has 0 fully saturated rings. The van der Waals surface area contributed by atoms with E-state index >= 15 is 0 Å². The Morgan fingerprint density at radius 3 is 2.15 bits per heavy atom. The number of hydrogen-bond acceptors (Lipinski definition) is 3. The van der Waals surface area contributed by atoms with Crippen LogP contribution in [0.2, 0.25) is 0 Å². The minimum atomic E-state index is -3.70. The highest BCUT2D eigenvalue weighted by atomic mass is 32.2. The van der Waals surface area contributed by atoms with Crippen LogP contribution < -0.4 is 5.69 Å². The highest BCUT2D eigenvalue weighted by molar-refractivity contribution is 7.89. The fourth-order valence-corrected chi connectivity index (χ4v) is 4.45. The average Bonchev–Trinajstić information content (AvgIpc) is 2.85. The van der Waals surface area contributed by atoms with Gasteiger partial charge in [-0.05, 0) is 37.6 Å². The Morgan fingerprint density at radius 2 is 1.54 bits per heavy atom. The molecule has 1 unspecified atom stereocenters. The molecule has 1 heterocycles. The van der Waals surface area contributed by atoms with Gasteiger partial charge >= 0.3 is 5.69 Å². The number of rotatable bonds is 4. The zero-order chi connectivity index (χ0) is 19.2. The molecule has 3 aromatic rings. The van der Waals surface area contributed by atoms with Crippen LogP contribution in [-0.4, -0.2) is 28.9 Å². The predicted octanol–water partition coefficient (Wildman–Crippen LogP) is 2.57. The molecule has 0 amide bonds. The van der Waals surface area contributed by atoms with Crippen molar-refractivity contribution in [2.45, 2.75) is 24.8 Å². The Morgan fingerprint density at radius 1 is 0.962 bits per heavy atom. The third kappa shape index (κ3) is 2.87. The van der Waals surface area contributed by atoms with Gasteiger partial charge < -0.3 is 0 Å². The van der Waals surface area contributed by atoms with E-state index < -0.39 is 10.0 Å². The smallest absolute Gasteiger partial charge is 0.295 e. The number of fused-ring (bicyclic) bond motifs is 1. The Labute approximate surface area is 153 Å². The second-order valence-electron chi connectivity index (χ2n) is 6.66. The molecular formula is C19H23N3O3S. The number of aryl methyl sites for hydroxylation is 3. The van der Waals surface area contributed by atoms with E-state index in [1.54, 1.807) is 39.3 Å². The van der Waals surface area contributed by atoms with Crippen molar-refractivity contribution < 1.29 is 8.42 Å². The van der Waals surface area contributed by atoms with Gasteiger partial charge in [-0.15, -0.1) is 0 Å². The maximum Gasteiger partial charge on any atom is 0.328 e. The van der Waals surface area contributed by atoms with Crippen LogP contribution in [0, 0.1) is 6.92 Å². The first-order valence-electron chi connectivity index (χ1n) is 8.34. The van der Waals surface area contributed by atoms with E-state index in [-0.39, 0.29) is 16.6 Å². The molecule has 3 rings (SSSR count). The summed E-state index contributed by atoms with van der Waals surface area (Å²) in [6.07, 6.45) is 0. The summed E-state index contributed by atoms with van der Waals surface area (Å²) in [5.74, 6) is 0. The summed E-state index contributed by atoms with van der Waals surface area (Å²) in [5, 5.41) is 0. The Kier molecular flexibility index (Phi) is 4.54. The molecule has 1 atom stereocenters. The molecule has 0 bridgehead atoms. The molecule has 0 N–H and O–H groups in total. The number of sulfonamides is 1. The standard InChI is InChI=1S/C19H23N3O3S/c1-13-6-8-15(9-7-13)14(2)22(5)26(24,25)16-10-11-17-18(12-16)21(4)19(23)20(17)3/h6-12,14H,1-5H3. The summed E-state index contributed by atoms with van der Waals surface area (Å²) in [6.45, 7) is 3.85. The normalized spacial score (nSPS) is 13.5. The second-order valence-corrected chi connectivity index (χ2v) is 8.66. The summed E-state index contributed by atoms with van der Waals surface area (Å²) in [4.78, 5) is 12.2. The van der Waals surface area contributed by atoms with Gasteiger partial charge in [0.05, 0.1) is 15.9 Å². The number of imidazole rings is 1. The quantitative estimate of drug-likeness (QED) is 0.706. The highest BCUT2D eigenvalue weighted by Crippen LogP contribution is 2.27. The zero-order valence-electron chi connectivity index (χ0n) is 15.6. The summed E-state index contributed by atoms with van der Waals surface area (Å²) in [6, 6.07) is 12.3. The van der Waals surface area contributed by atoms with Gasteiger partial charge in [0.25, 0.3) is 0 Å². The fourth-order valence-electron chi connectivity index (χ4n) is 3.08. The minimum absolute atomic E-state index is 0.174. The van der Waals surface area contributed by atoms with Crippen molar-refractivity contribution in [3.8, 4) is 0 Å². The van der Waals surface area contributed by atoms with Crippen LogP contribution in [0.5, 0.6) is 0 Å². The topological polar surface area (TPSA) is 64.3 Å². The van der Waals surface area contributed by atoms with Crippen molar-refractivity contribution in [1.82, 2.24) is 13.4 Å². The van der Waals surface area contributed by atoms with Crippen molar-refractivity contribution in [2.75, 3.05) is 7.05 Å². The van der Waals surface area contributed by atoms with Crippen LogP contribution in [0.15, 0.2) is 52.2 Å². The van der Waals surface area contributed by atoms with Crippen LogP contribution in [0.25, 0.3) is 11.0 Å². The van der Waals surface area contributed by atoms with E-state index in [4.69, 9.17) is 0 Å². The van der Waals surface area contributed by atoms with Gasteiger partial charge in [0.1, 0.15) is 0 Å². The Bertz CT molecular complexity index is 1130. The van der Waals surface area contributed by atoms with E-state index in [9.17, 15) is 13.2 Å². The highest BCUT2D eigenvalue weighted by Gasteiger charge is 2.27. The van der Waals surface area contributed by atoms with Crippen molar-refractivity contribution in [3.63, 3.8) is 0 Å². The van der Waals surface area contributed by atoms with Gasteiger partial charge in [0, 0.05) is 27.2 Å². The van der Waals surface area contributed by atoms with Gasteiger partial charge in [-0.2, -0.15) is 4.31 Å². The summed E-state index contributed by atoms with van der Waals surface area (Å²) in [5.41, 5.74) is 3.16. The molecule has 0 aliphatic carbocycles. The van der Waals surface area contributed by atoms with Gasteiger partial charge in [-0.3, -0.25) is 9.13 Å². The van der Waals surface area contributed by atoms with E-state index in [2.05, 4.69) is 0 Å². The molecule has 0 saturated heterocycles. The van der Waals surface area contributed by atoms with Crippen molar-refractivity contribution in [3.05, 3.63) is 64.1 Å². The maximum absolute atomic E-state index is 13.1. The SMILES string of the molecule is Cc1ccc(C(C)N(C)S(=O)(=O)c2ccc3c(c2)n(C)c(=O)n3C)cc1. The van der Waals surface area contributed by atoms with Crippen LogP contribution in [0.1, 0.15) is 24.1 Å². The predicted molar refractivity (Wildman–Crippen MR) is 103 cm³/mol. The van der Waals surface area contributed by atoms with Crippen molar-refractivity contribution >= 4 is 21.1 Å². The van der Waals surface area contributed by atoms with E-state index in [1.807, 2.05) is 38.1 Å². The second kappa shape index (κ2) is 6.41. The van der Waals surface area contributed by atoms with Crippen LogP contribution >= 0.6 is 0 Å². The van der Waals surface area contributed by atoms with E-state index in [0.29, 0.717) is 11.0 Å². The molecule has 7 heteroatoms. The first-order chi connectivity index (χ1) is 12.1. The summed E-state index contributed by atoms with van der Waals surface area (Å²) < 4.78 is 30.5. The molecule has 0 spiro atoms. The monoisotopic (exact) mass is 373 g/mol. The third-order valence-electron chi connectivity index (χ3n) is 5.03. The lowest BCUT2D eigenvalue weighted by Crippen LogP contribution is -2.29. The first kappa shape index (κ1) is 18.4. The zero-order valence-corrected chi connectivity index (χ0v) is 16.4. The molecule has 0 aliphatic rings. The third-order valence-corrected chi connectivity index (χ3v) is 6.95. The summed E-state index contributed by atoms with van der Waals surface area (Å²) in [7, 11) is 1.19. The number of aromatic nitrogens is 2. The molecule has 0 saturated carbocycles. The molecule has 0 aliphatic heterocycles. The largest absolute Gasteiger partial charge is 0.328 e. The first-order valence-corrected chi connectivity index (χ1v) is 9.78. The van der Waals surface area contributed by atoms with Crippen LogP contribution in [-0.2, 0) is 24.1 Å². The number of benzene rings is 2. The van der Waals surface area contributed by atoms with E-state index in [1.165, 1.54) is 13.4 Å². The van der Waals surface area contributed by atoms with Gasteiger partial charge in [-0.25, -0.2) is 13.2 Å². The Hall–Kier alpha value is -2.38. The molecule has 0 radical (unpaired) electrons. The molecule has 6 nitrogen and oxygen atoms in total. The average molecular weight is 373 g/mol. The minimum Gasteiger partial charge on any atom is -0.295 e. The van der Waals surface area contributed by atoms with E-state index in [0.717, 1.165) is 11.1 Å². The molecule has 1 aromatic heterocycles. The van der Waals surface area contributed by atoms with Crippen LogP contribution in [0.4, 0.5) is 0 Å². The van der Waals surface area contributed by atoms with Gasteiger partial charge in [0.15, 0.2) is 0 Å². The summed E-state index contributed by atoms with van der Waals surface area (Å²) >= 11 is 0. The van der Waals surface area contributed by atoms with Gasteiger partial charge in [0.2, 0.25) is 10.0 Å². The van der Waals surface area contributed by atoms with Crippen molar-refractivity contribution in [2.24, 2.45) is 14.1 Å². The lowest BCUT2D eigenvalue weighted by molar-refractivity contribution is 0.398. The fraction of sp³-hybridized carbons (Fsp3) is 0.316. The lowest BCUT2D eigenvalue weighted by Gasteiger charge is -2.25. The lowest BCUT2D eigenvalue weighted by atomic mass is 10.1. The van der Waals surface area contributed by atoms with Crippen LogP contribution in [0.3, 0.4) is 0 Å². The molecular weight excluding hydrogens is 350 g/mol. The molecule has 138 valence electrons. The van der Waals surface area contributed by atoms with Gasteiger partial charge in [-0.1, -0.05) is 29.8 Å². The molecule has 2 aromatic carbocycles. The number of nitrogens with zero attached hydrogens (tertiary/aromatic N) is 3. The maximum atomic E-state index is 13.1. The van der Waals surface area contributed by atoms with Crippen molar-refractivity contribution in [1.29, 1.82) is 0 Å². The Balaban J connectivity index is 2.04. The molecule has 26 heavy (non-hydrogen) atoms.